The Hall–Kier alpha value is -2.98. The minimum atomic E-state index is -0.366. The van der Waals surface area contributed by atoms with Crippen LogP contribution in [0.1, 0.15) is 21.5 Å². The van der Waals surface area contributed by atoms with Crippen LogP contribution in [-0.2, 0) is 6.61 Å². The number of hydrogen-bond donors (Lipinski definition) is 1. The van der Waals surface area contributed by atoms with Crippen LogP contribution >= 0.6 is 39.1 Å². The van der Waals surface area contributed by atoms with Crippen LogP contribution in [0.15, 0.2) is 70.2 Å². The van der Waals surface area contributed by atoms with Crippen molar-refractivity contribution in [1.82, 2.24) is 5.43 Å². The molecule has 0 saturated carbocycles. The molecule has 0 radical (unpaired) electrons. The first-order valence-electron chi connectivity index (χ1n) is 9.32. The van der Waals surface area contributed by atoms with E-state index in [1.54, 1.807) is 54.6 Å². The Morgan fingerprint density at radius 2 is 1.88 bits per heavy atom. The fourth-order valence-corrected chi connectivity index (χ4v) is 3.44. The number of nitrogens with one attached hydrogen (secondary N) is 1. The van der Waals surface area contributed by atoms with E-state index < -0.39 is 0 Å². The van der Waals surface area contributed by atoms with Crippen LogP contribution in [0.5, 0.6) is 11.5 Å². The smallest absolute Gasteiger partial charge is 0.271 e. The van der Waals surface area contributed by atoms with Gasteiger partial charge in [-0.3, -0.25) is 4.79 Å². The minimum absolute atomic E-state index is 0.132. The molecule has 0 spiro atoms. The summed E-state index contributed by atoms with van der Waals surface area (Å²) in [6.07, 6.45) is 6.73. The van der Waals surface area contributed by atoms with Crippen LogP contribution in [0, 0.1) is 12.3 Å². The molecule has 0 aliphatic rings. The zero-order valence-corrected chi connectivity index (χ0v) is 19.7. The SMILES string of the molecule is C#CCOc1ccc(Br)cc1/C=N\NC(=O)c1ccc(OCc2ccc(Cl)cc2Cl)cc1. The molecule has 8 heteroatoms. The number of nitrogens with zero attached hydrogens (tertiary/aromatic N) is 1. The lowest BCUT2D eigenvalue weighted by Gasteiger charge is -2.09. The normalized spacial score (nSPS) is 10.6. The Morgan fingerprint density at radius 1 is 1.09 bits per heavy atom. The number of rotatable bonds is 8. The number of ether oxygens (including phenoxy) is 2. The zero-order valence-electron chi connectivity index (χ0n) is 16.6. The van der Waals surface area contributed by atoms with Crippen molar-refractivity contribution in [3.05, 3.63) is 91.9 Å². The van der Waals surface area contributed by atoms with Crippen molar-refractivity contribution in [3.63, 3.8) is 0 Å². The van der Waals surface area contributed by atoms with Crippen molar-refractivity contribution in [2.75, 3.05) is 6.61 Å². The van der Waals surface area contributed by atoms with Gasteiger partial charge in [0.1, 0.15) is 24.7 Å². The third-order valence-corrected chi connectivity index (χ3v) is 5.26. The predicted octanol–water partition coefficient (Wildman–Crippen LogP) is 6.11. The number of hydrogen-bond acceptors (Lipinski definition) is 4. The molecular formula is C24H17BrCl2N2O3. The summed E-state index contributed by atoms with van der Waals surface area (Å²) in [7, 11) is 0. The van der Waals surface area contributed by atoms with Crippen molar-refractivity contribution in [3.8, 4) is 23.8 Å². The van der Waals surface area contributed by atoms with Gasteiger partial charge in [0.25, 0.3) is 5.91 Å². The summed E-state index contributed by atoms with van der Waals surface area (Å²) in [5.41, 5.74) is 4.39. The summed E-state index contributed by atoms with van der Waals surface area (Å²) >= 11 is 15.4. The first kappa shape index (κ1) is 23.7. The largest absolute Gasteiger partial charge is 0.489 e. The first-order valence-corrected chi connectivity index (χ1v) is 10.9. The quantitative estimate of drug-likeness (QED) is 0.217. The van der Waals surface area contributed by atoms with Crippen molar-refractivity contribution in [1.29, 1.82) is 0 Å². The molecule has 0 saturated heterocycles. The lowest BCUT2D eigenvalue weighted by Crippen LogP contribution is -2.17. The number of hydrazone groups is 1. The molecule has 162 valence electrons. The van der Waals surface area contributed by atoms with Gasteiger partial charge in [0.15, 0.2) is 0 Å². The summed E-state index contributed by atoms with van der Waals surface area (Å²) in [6.45, 7) is 0.413. The van der Waals surface area contributed by atoms with Crippen LogP contribution in [-0.4, -0.2) is 18.7 Å². The molecule has 1 N–H and O–H groups in total. The molecule has 0 fully saturated rings. The van der Waals surface area contributed by atoms with Gasteiger partial charge in [-0.05, 0) is 54.6 Å². The molecule has 0 aliphatic carbocycles. The molecular weight excluding hydrogens is 515 g/mol. The number of carbonyl (C=O) groups is 1. The van der Waals surface area contributed by atoms with Gasteiger partial charge < -0.3 is 9.47 Å². The summed E-state index contributed by atoms with van der Waals surface area (Å²) < 4.78 is 12.0. The second-order valence-corrected chi connectivity index (χ2v) is 8.18. The number of carbonyl (C=O) groups excluding carboxylic acids is 1. The van der Waals surface area contributed by atoms with Gasteiger partial charge in [0.05, 0.1) is 6.21 Å². The molecule has 0 aromatic heterocycles. The van der Waals surface area contributed by atoms with Gasteiger partial charge in [-0.15, -0.1) is 6.42 Å². The van der Waals surface area contributed by atoms with E-state index in [0.717, 1.165) is 10.0 Å². The fraction of sp³-hybridized carbons (Fsp3) is 0.0833. The van der Waals surface area contributed by atoms with E-state index in [2.05, 4.69) is 32.4 Å². The third kappa shape index (κ3) is 6.76. The lowest BCUT2D eigenvalue weighted by atomic mass is 10.2. The van der Waals surface area contributed by atoms with E-state index >= 15 is 0 Å². The molecule has 3 rings (SSSR count). The van der Waals surface area contributed by atoms with Crippen LogP contribution < -0.4 is 14.9 Å². The van der Waals surface area contributed by atoms with Crippen molar-refractivity contribution in [2.45, 2.75) is 6.61 Å². The minimum Gasteiger partial charge on any atom is -0.489 e. The highest BCUT2D eigenvalue weighted by molar-refractivity contribution is 9.10. The van der Waals surface area contributed by atoms with Crippen LogP contribution in [0.3, 0.4) is 0 Å². The molecule has 0 unspecified atom stereocenters. The summed E-state index contributed by atoms with van der Waals surface area (Å²) in [4.78, 5) is 12.4. The lowest BCUT2D eigenvalue weighted by molar-refractivity contribution is 0.0955. The predicted molar refractivity (Wildman–Crippen MR) is 131 cm³/mol. The first-order chi connectivity index (χ1) is 15.5. The van der Waals surface area contributed by atoms with Crippen molar-refractivity contribution < 1.29 is 14.3 Å². The standard InChI is InChI=1S/C24H17BrCl2N2O3/c1-2-11-31-23-10-6-19(25)12-18(23)14-28-29-24(30)16-4-8-21(9-5-16)32-15-17-3-7-20(26)13-22(17)27/h1,3-10,12-14H,11,15H2,(H,29,30)/b28-14-. The van der Waals surface area contributed by atoms with E-state index in [1.165, 1.54) is 6.21 Å². The molecule has 0 aliphatic heterocycles. The average molecular weight is 532 g/mol. The fourth-order valence-electron chi connectivity index (χ4n) is 2.60. The molecule has 3 aromatic carbocycles. The van der Waals surface area contributed by atoms with Crippen molar-refractivity contribution in [2.24, 2.45) is 5.10 Å². The topological polar surface area (TPSA) is 59.9 Å². The van der Waals surface area contributed by atoms with E-state index in [0.29, 0.717) is 32.7 Å². The number of benzene rings is 3. The van der Waals surface area contributed by atoms with Crippen LogP contribution in [0.4, 0.5) is 0 Å². The average Bonchev–Trinajstić information content (AvgIpc) is 2.78. The zero-order chi connectivity index (χ0) is 22.9. The molecule has 0 bridgehead atoms. The summed E-state index contributed by atoms with van der Waals surface area (Å²) in [5, 5.41) is 5.10. The summed E-state index contributed by atoms with van der Waals surface area (Å²) in [5.74, 6) is 3.20. The second kappa shape index (κ2) is 11.6. The van der Waals surface area contributed by atoms with Gasteiger partial charge in [-0.1, -0.05) is 51.1 Å². The Morgan fingerprint density at radius 3 is 2.59 bits per heavy atom. The van der Waals surface area contributed by atoms with Crippen LogP contribution in [0.25, 0.3) is 0 Å². The van der Waals surface area contributed by atoms with Crippen LogP contribution in [0.2, 0.25) is 10.0 Å². The van der Waals surface area contributed by atoms with E-state index in [4.69, 9.17) is 39.1 Å². The molecule has 5 nitrogen and oxygen atoms in total. The number of amides is 1. The third-order valence-electron chi connectivity index (χ3n) is 4.18. The Bertz CT molecular complexity index is 1170. The summed E-state index contributed by atoms with van der Waals surface area (Å²) in [6, 6.07) is 17.3. The Labute approximate surface area is 204 Å². The monoisotopic (exact) mass is 530 g/mol. The Kier molecular flexibility index (Phi) is 8.57. The molecule has 1 amide bonds. The van der Waals surface area contributed by atoms with E-state index in [9.17, 15) is 4.79 Å². The molecule has 0 heterocycles. The maximum absolute atomic E-state index is 12.4. The van der Waals surface area contributed by atoms with Gasteiger partial charge in [-0.2, -0.15) is 5.10 Å². The highest BCUT2D eigenvalue weighted by atomic mass is 79.9. The number of halogens is 3. The van der Waals surface area contributed by atoms with Gasteiger partial charge in [-0.25, -0.2) is 5.43 Å². The van der Waals surface area contributed by atoms with Gasteiger partial charge >= 0.3 is 0 Å². The highest BCUT2D eigenvalue weighted by Gasteiger charge is 2.07. The molecule has 32 heavy (non-hydrogen) atoms. The molecule has 3 aromatic rings. The van der Waals surface area contributed by atoms with Gasteiger partial charge in [0, 0.05) is 31.2 Å². The van der Waals surface area contributed by atoms with Crippen molar-refractivity contribution >= 4 is 51.3 Å². The highest BCUT2D eigenvalue weighted by Crippen LogP contribution is 2.23. The molecule has 0 atom stereocenters. The van der Waals surface area contributed by atoms with Gasteiger partial charge in [0.2, 0.25) is 0 Å². The van der Waals surface area contributed by atoms with E-state index in [1.807, 2.05) is 6.07 Å². The number of terminal acetylenes is 1. The van der Waals surface area contributed by atoms with E-state index in [-0.39, 0.29) is 19.1 Å². The second-order valence-electron chi connectivity index (χ2n) is 6.42. The maximum Gasteiger partial charge on any atom is 0.271 e. The Balaban J connectivity index is 1.58. The maximum atomic E-state index is 12.4.